The Balaban J connectivity index is 0. The molecule has 0 fully saturated rings. The predicted molar refractivity (Wildman–Crippen MR) is 246 cm³/mol. The molecule has 5 heterocycles. The number of nitrogens with two attached hydrogens (primary N) is 1. The number of ether oxygens (including phenoxy) is 4. The maximum absolute atomic E-state index is 12.6. The standard InChI is InChI=1S/C7H3BrF3N3O2S.C7H4F3N3O2S.C6H7F3O3.C3H5N3OS.3CHF3O3S.CH4.BHNS.In/c1-16-6-13-14-4(15)2(8)3(7(9,10)11)12-5(14)17-6;1-15-6-12-13-4(14)2-3(7(8,9)10)11-5(13)16-6;1-2-12-5(11)3-4(10)6(7,8)9;1-7-3-6-5-2(4)8-3;3*2-1(3,4)8(5,6)7;;1-2-3;/h1H3;2H,1H3;2-3H2,1H3;1H3,(H2,4,5);3*(H,5,6,7);1H4;3H;/q;;;;;;;;;+3/p-3. The molecule has 465 valence electrons. The summed E-state index contributed by atoms with van der Waals surface area (Å²) in [5, 5.41) is 15.4. The summed E-state index contributed by atoms with van der Waals surface area (Å²) < 4.78 is 310. The minimum absolute atomic E-state index is 0. The zero-order valence-corrected chi connectivity index (χ0v) is 48.9. The van der Waals surface area contributed by atoms with E-state index in [2.05, 4.69) is 82.7 Å². The van der Waals surface area contributed by atoms with Gasteiger partial charge in [-0.3, -0.25) is 19.2 Å². The number of alkyl halides is 18. The molecule has 0 atom stereocenters. The molecule has 0 aliphatic heterocycles. The quantitative estimate of drug-likeness (QED) is 0.0377. The molecule has 0 aliphatic carbocycles. The summed E-state index contributed by atoms with van der Waals surface area (Å²) in [5.74, 6) is -3.24. The first-order valence-corrected chi connectivity index (χ1v) is 30.0. The SMILES string of the molecule is C.CCOC(=O)CC(=O)C(F)(F)F.COc1nn2c(=O)c(Br)c(C(F)(F)F)nc2s1.COc1nn2c(=O)cc(C(F)(F)F)nc2s1.COc1nnc(N)s1.O=S(=O)([O][In]([O]S(=O)(=O)C(F)(F)F)[O]S(=O)(=O)C(F)(F)F)C(F)(F)F.[B]=NS. The molecule has 0 unspecified atom stereocenters. The van der Waals surface area contributed by atoms with Crippen LogP contribution < -0.4 is 31.1 Å². The predicted octanol–water partition coefficient (Wildman–Crippen LogP) is 5.71. The van der Waals surface area contributed by atoms with Gasteiger partial charge in [-0.05, 0) is 56.9 Å². The van der Waals surface area contributed by atoms with Crippen molar-refractivity contribution in [2.75, 3.05) is 33.7 Å². The molecule has 0 spiro atoms. The maximum atomic E-state index is 12.6. The van der Waals surface area contributed by atoms with Crippen LogP contribution in [0.3, 0.4) is 0 Å². The van der Waals surface area contributed by atoms with Crippen LogP contribution in [0.25, 0.3) is 9.92 Å². The Morgan fingerprint density at radius 2 is 1.09 bits per heavy atom. The second-order valence-electron chi connectivity index (χ2n) is 12.0. The normalized spacial score (nSPS) is 12.1. The van der Waals surface area contributed by atoms with Gasteiger partial charge in [0, 0.05) is 6.07 Å². The Morgan fingerprint density at radius 3 is 1.39 bits per heavy atom. The number of rotatable bonds is 12. The van der Waals surface area contributed by atoms with Crippen LogP contribution in [0.15, 0.2) is 24.4 Å². The molecule has 0 aliphatic rings. The number of carbonyl (C=O) groups is 2. The van der Waals surface area contributed by atoms with E-state index in [0.717, 1.165) is 31.7 Å². The zero-order valence-electron chi connectivity index (χ0n) is 38.3. The van der Waals surface area contributed by atoms with Crippen molar-refractivity contribution < 1.29 is 140 Å². The number of ketones is 1. The molecule has 1 radical (unpaired) electrons. The number of anilines is 1. The number of methoxy groups -OCH3 is 3. The van der Waals surface area contributed by atoms with Crippen LogP contribution in [0.1, 0.15) is 32.2 Å². The van der Waals surface area contributed by atoms with Crippen molar-refractivity contribution in [2.24, 2.45) is 4.30 Å². The summed E-state index contributed by atoms with van der Waals surface area (Å²) in [7, 11) is -12.7. The van der Waals surface area contributed by atoms with Gasteiger partial charge in [-0.2, -0.15) is 48.5 Å². The summed E-state index contributed by atoms with van der Waals surface area (Å²) in [5.41, 5.74) is -18.5. The Bertz CT molecular complexity index is 3300. The molecule has 0 saturated carbocycles. The van der Waals surface area contributed by atoms with E-state index in [1.165, 1.54) is 39.6 Å². The molecular formula is C27H24BBrF18InN10O17S7. The van der Waals surface area contributed by atoms with Crippen LogP contribution in [0.2, 0.25) is 0 Å². The first kappa shape index (κ1) is 79.5. The zero-order chi connectivity index (χ0) is 63.9. The van der Waals surface area contributed by atoms with Crippen molar-refractivity contribution in [3.63, 3.8) is 0 Å². The molecule has 2 N–H and O–H groups in total. The fourth-order valence-electron chi connectivity index (χ4n) is 3.37. The molecule has 0 aromatic carbocycles. The summed E-state index contributed by atoms with van der Waals surface area (Å²) in [4.78, 5) is 49.7. The van der Waals surface area contributed by atoms with Crippen molar-refractivity contribution in [2.45, 2.75) is 55.8 Å². The average Bonchev–Trinajstić information content (AvgIpc) is 4.04. The van der Waals surface area contributed by atoms with Crippen molar-refractivity contribution in [3.8, 4) is 15.6 Å². The fraction of sp³-hybridized carbons (Fsp3) is 0.481. The van der Waals surface area contributed by atoms with Crippen LogP contribution in [0.5, 0.6) is 15.6 Å². The number of Topliss-reactive ketones (excluding diaryl/α,β-unsaturated/α-hetero) is 1. The fourth-order valence-corrected chi connectivity index (χ4v) is 17.6. The third-order valence-corrected chi connectivity index (χ3v) is 23.1. The van der Waals surface area contributed by atoms with Crippen molar-refractivity contribution in [3.05, 3.63) is 42.6 Å². The minimum atomic E-state index is -7.19. The Hall–Kier alpha value is -4.52. The number of thiol groups is 1. The Labute approximate surface area is 478 Å². The van der Waals surface area contributed by atoms with Gasteiger partial charge in [0.15, 0.2) is 11.4 Å². The number of halogens is 19. The van der Waals surface area contributed by atoms with E-state index < -0.39 is 133 Å². The van der Waals surface area contributed by atoms with Crippen LogP contribution in [0.4, 0.5) is 84.2 Å². The van der Waals surface area contributed by atoms with Crippen LogP contribution in [-0.2, 0) is 63.9 Å². The second-order valence-corrected chi connectivity index (χ2v) is 27.1. The number of nitrogen functional groups attached to an aromatic ring is 1. The molecule has 0 amide bonds. The van der Waals surface area contributed by atoms with Crippen LogP contribution >= 0.6 is 62.8 Å². The van der Waals surface area contributed by atoms with Crippen molar-refractivity contribution in [1.29, 1.82) is 0 Å². The number of hydrogen-bond donors (Lipinski definition) is 2. The van der Waals surface area contributed by atoms with E-state index in [9.17, 15) is 123 Å². The van der Waals surface area contributed by atoms with Gasteiger partial charge in [0.25, 0.3) is 26.7 Å². The molecule has 82 heavy (non-hydrogen) atoms. The van der Waals surface area contributed by atoms with E-state index in [0.29, 0.717) is 16.4 Å². The van der Waals surface area contributed by atoms with E-state index in [1.807, 2.05) is 0 Å². The Morgan fingerprint density at radius 1 is 0.695 bits per heavy atom. The first-order chi connectivity index (χ1) is 36.4. The molecule has 0 saturated heterocycles. The number of carbonyl (C=O) groups excluding carboxylic acids is 2. The number of nitrogens with zero attached hydrogens (tertiary/aromatic N) is 9. The summed E-state index contributed by atoms with van der Waals surface area (Å²) in [6.45, 7) is 1.40. The molecule has 55 heteroatoms. The van der Waals surface area contributed by atoms with Gasteiger partial charge in [0.1, 0.15) is 10.9 Å². The van der Waals surface area contributed by atoms with Crippen LogP contribution in [0, 0.1) is 0 Å². The van der Waals surface area contributed by atoms with Gasteiger partial charge in [0.2, 0.25) is 20.8 Å². The summed E-state index contributed by atoms with van der Waals surface area (Å²) >= 11 is 1.31. The molecule has 5 aromatic heterocycles. The van der Waals surface area contributed by atoms with Gasteiger partial charge in [-0.15, -0.1) is 15.3 Å². The van der Waals surface area contributed by atoms with Crippen molar-refractivity contribution >= 4 is 150 Å². The molecule has 5 rings (SSSR count). The number of fused-ring (bicyclic) bond motifs is 2. The molecular weight excluding hydrogens is 1510 g/mol. The first-order valence-electron chi connectivity index (χ1n) is 18.1. The van der Waals surface area contributed by atoms with E-state index in [1.54, 1.807) is 0 Å². The average molecular weight is 1530 g/mol. The summed E-state index contributed by atoms with van der Waals surface area (Å²) in [6, 6.07) is 0.395. The number of hydrogen-bond acceptors (Lipinski definition) is 29. The third-order valence-electron chi connectivity index (χ3n) is 6.46. The Kier molecular flexibility index (Phi) is 30.6. The summed E-state index contributed by atoms with van der Waals surface area (Å²) in [6.07, 6.45) is -15.5. The van der Waals surface area contributed by atoms with Gasteiger partial charge in [0.05, 0.1) is 27.9 Å². The van der Waals surface area contributed by atoms with Crippen molar-refractivity contribution in [1.82, 2.24) is 39.4 Å². The number of aromatic nitrogens is 8. The molecule has 27 nitrogen and oxygen atoms in total. The topological polar surface area (TPSA) is 360 Å². The van der Waals surface area contributed by atoms with E-state index in [4.69, 9.17) is 19.9 Å². The van der Waals surface area contributed by atoms with E-state index in [-0.39, 0.29) is 34.3 Å². The van der Waals surface area contributed by atoms with Gasteiger partial charge >= 0.3 is 191 Å². The van der Waals surface area contributed by atoms with Gasteiger partial charge in [-0.25, -0.2) is 9.97 Å². The van der Waals surface area contributed by atoms with E-state index >= 15 is 0 Å². The monoisotopic (exact) mass is 1530 g/mol. The number of esters is 1. The molecule has 0 bridgehead atoms. The van der Waals surface area contributed by atoms with Gasteiger partial charge in [-0.1, -0.05) is 12.5 Å². The second kappa shape index (κ2) is 31.6. The molecule has 5 aromatic rings. The van der Waals surface area contributed by atoms with Crippen LogP contribution in [-0.4, -0.2) is 157 Å². The third kappa shape index (κ3) is 25.0. The van der Waals surface area contributed by atoms with Gasteiger partial charge < -0.3 is 24.7 Å².